The minimum atomic E-state index is -0.961. The van der Waals surface area contributed by atoms with Crippen molar-refractivity contribution in [3.05, 3.63) is 24.3 Å². The standard InChI is InChI=1S/C9H14O3/c1-2-8(7-10)5-3-4-6-9(11)12/h3-6,8,10H,2,7H2,1H3,(H,11,12)/b5-3+,6-4+/t8-/m1/s1. The van der Waals surface area contributed by atoms with Crippen LogP contribution in [0.1, 0.15) is 13.3 Å². The van der Waals surface area contributed by atoms with Crippen molar-refractivity contribution in [1.82, 2.24) is 0 Å². The molecule has 0 unspecified atom stereocenters. The molecule has 0 aliphatic carbocycles. The van der Waals surface area contributed by atoms with Crippen LogP contribution in [0, 0.1) is 5.92 Å². The van der Waals surface area contributed by atoms with Gasteiger partial charge in [0, 0.05) is 12.7 Å². The Morgan fingerprint density at radius 1 is 1.50 bits per heavy atom. The molecule has 0 saturated heterocycles. The molecule has 68 valence electrons. The summed E-state index contributed by atoms with van der Waals surface area (Å²) in [7, 11) is 0. The summed E-state index contributed by atoms with van der Waals surface area (Å²) < 4.78 is 0. The number of carbonyl (C=O) groups is 1. The molecule has 3 nitrogen and oxygen atoms in total. The van der Waals surface area contributed by atoms with Crippen LogP contribution >= 0.6 is 0 Å². The first-order valence-electron chi connectivity index (χ1n) is 3.89. The maximum Gasteiger partial charge on any atom is 0.328 e. The molecule has 0 aromatic carbocycles. The van der Waals surface area contributed by atoms with E-state index in [-0.39, 0.29) is 12.5 Å². The van der Waals surface area contributed by atoms with Gasteiger partial charge >= 0.3 is 5.97 Å². The number of carboxylic acids is 1. The summed E-state index contributed by atoms with van der Waals surface area (Å²) in [5.41, 5.74) is 0. The molecule has 1 atom stereocenters. The number of carboxylic acid groups (broad SMARTS) is 1. The molecule has 0 aromatic heterocycles. The van der Waals surface area contributed by atoms with Crippen LogP contribution in [0.2, 0.25) is 0 Å². The first-order valence-corrected chi connectivity index (χ1v) is 3.89. The minimum absolute atomic E-state index is 0.105. The molecule has 0 rings (SSSR count). The molecule has 2 N–H and O–H groups in total. The summed E-state index contributed by atoms with van der Waals surface area (Å²) in [5.74, 6) is -0.833. The van der Waals surface area contributed by atoms with E-state index in [9.17, 15) is 4.79 Å². The van der Waals surface area contributed by atoms with Crippen LogP contribution in [0.25, 0.3) is 0 Å². The van der Waals surface area contributed by atoms with Crippen LogP contribution in [0.3, 0.4) is 0 Å². The van der Waals surface area contributed by atoms with Gasteiger partial charge in [-0.2, -0.15) is 0 Å². The van der Waals surface area contributed by atoms with E-state index < -0.39 is 5.97 Å². The minimum Gasteiger partial charge on any atom is -0.478 e. The van der Waals surface area contributed by atoms with E-state index in [0.717, 1.165) is 12.5 Å². The van der Waals surface area contributed by atoms with Crippen molar-refractivity contribution in [3.63, 3.8) is 0 Å². The van der Waals surface area contributed by atoms with Crippen LogP contribution in [-0.4, -0.2) is 22.8 Å². The zero-order valence-electron chi connectivity index (χ0n) is 7.10. The van der Waals surface area contributed by atoms with Gasteiger partial charge in [0.1, 0.15) is 0 Å². The highest BCUT2D eigenvalue weighted by molar-refractivity contribution is 5.80. The van der Waals surface area contributed by atoms with Crippen LogP contribution in [0.15, 0.2) is 24.3 Å². The maximum absolute atomic E-state index is 10.0. The largest absolute Gasteiger partial charge is 0.478 e. The van der Waals surface area contributed by atoms with Crippen molar-refractivity contribution in [2.75, 3.05) is 6.61 Å². The molecule has 0 fully saturated rings. The Kier molecular flexibility index (Phi) is 6.01. The van der Waals surface area contributed by atoms with Crippen LogP contribution < -0.4 is 0 Å². The van der Waals surface area contributed by atoms with E-state index in [2.05, 4.69) is 0 Å². The average molecular weight is 170 g/mol. The van der Waals surface area contributed by atoms with Gasteiger partial charge in [-0.1, -0.05) is 25.2 Å². The average Bonchev–Trinajstić information content (AvgIpc) is 2.04. The monoisotopic (exact) mass is 170 g/mol. The number of allylic oxidation sites excluding steroid dienone is 2. The topological polar surface area (TPSA) is 57.5 Å². The van der Waals surface area contributed by atoms with Gasteiger partial charge in [-0.3, -0.25) is 0 Å². The van der Waals surface area contributed by atoms with E-state index in [4.69, 9.17) is 10.2 Å². The van der Waals surface area contributed by atoms with E-state index >= 15 is 0 Å². The van der Waals surface area contributed by atoms with Gasteiger partial charge in [0.05, 0.1) is 0 Å². The molecule has 0 spiro atoms. The fourth-order valence-corrected chi connectivity index (χ4v) is 0.685. The van der Waals surface area contributed by atoms with Gasteiger partial charge in [-0.05, 0) is 12.3 Å². The van der Waals surface area contributed by atoms with Gasteiger partial charge in [-0.15, -0.1) is 0 Å². The number of hydrogen-bond acceptors (Lipinski definition) is 2. The molecule has 0 radical (unpaired) electrons. The third-order valence-electron chi connectivity index (χ3n) is 1.49. The number of aliphatic carboxylic acids is 1. The highest BCUT2D eigenvalue weighted by atomic mass is 16.4. The Morgan fingerprint density at radius 2 is 2.17 bits per heavy atom. The lowest BCUT2D eigenvalue weighted by atomic mass is 10.1. The Balaban J connectivity index is 3.80. The van der Waals surface area contributed by atoms with Crippen molar-refractivity contribution < 1.29 is 15.0 Å². The van der Waals surface area contributed by atoms with Crippen molar-refractivity contribution >= 4 is 5.97 Å². The van der Waals surface area contributed by atoms with Crippen LogP contribution in [0.5, 0.6) is 0 Å². The zero-order valence-corrected chi connectivity index (χ0v) is 7.10. The van der Waals surface area contributed by atoms with E-state index in [1.807, 2.05) is 6.92 Å². The Hall–Kier alpha value is -1.09. The molecular weight excluding hydrogens is 156 g/mol. The lowest BCUT2D eigenvalue weighted by molar-refractivity contribution is -0.131. The van der Waals surface area contributed by atoms with E-state index in [0.29, 0.717) is 0 Å². The summed E-state index contributed by atoms with van der Waals surface area (Å²) in [4.78, 5) is 10.0. The predicted molar refractivity (Wildman–Crippen MR) is 46.8 cm³/mol. The third-order valence-corrected chi connectivity index (χ3v) is 1.49. The summed E-state index contributed by atoms with van der Waals surface area (Å²) in [6.07, 6.45) is 6.78. The summed E-state index contributed by atoms with van der Waals surface area (Å²) in [6, 6.07) is 0. The van der Waals surface area contributed by atoms with Crippen molar-refractivity contribution in [3.8, 4) is 0 Å². The number of aliphatic hydroxyl groups excluding tert-OH is 1. The van der Waals surface area contributed by atoms with E-state index in [1.54, 1.807) is 12.2 Å². The van der Waals surface area contributed by atoms with E-state index in [1.165, 1.54) is 6.08 Å². The van der Waals surface area contributed by atoms with Crippen molar-refractivity contribution in [2.24, 2.45) is 5.92 Å². The fraction of sp³-hybridized carbons (Fsp3) is 0.444. The number of rotatable bonds is 5. The molecule has 0 aromatic rings. The smallest absolute Gasteiger partial charge is 0.328 e. The van der Waals surface area contributed by atoms with Crippen LogP contribution in [-0.2, 0) is 4.79 Å². The second-order valence-electron chi connectivity index (χ2n) is 2.43. The predicted octanol–water partition coefficient (Wildman–Crippen LogP) is 1.20. The van der Waals surface area contributed by atoms with Gasteiger partial charge in [0.25, 0.3) is 0 Å². The Bertz CT molecular complexity index is 178. The lowest BCUT2D eigenvalue weighted by Gasteiger charge is -2.02. The second-order valence-corrected chi connectivity index (χ2v) is 2.43. The SMILES string of the molecule is CC[C@H](/C=C/C=C/C(=O)O)CO. The highest BCUT2D eigenvalue weighted by Gasteiger charge is 1.95. The second kappa shape index (κ2) is 6.61. The first kappa shape index (κ1) is 10.9. The first-order chi connectivity index (χ1) is 5.70. The molecule has 0 aliphatic rings. The molecule has 3 heteroatoms. The Labute approximate surface area is 72.0 Å². The maximum atomic E-state index is 10.0. The van der Waals surface area contributed by atoms with Gasteiger partial charge in [-0.25, -0.2) is 4.79 Å². The summed E-state index contributed by atoms with van der Waals surface area (Å²) in [6.45, 7) is 2.07. The molecule has 12 heavy (non-hydrogen) atoms. The lowest BCUT2D eigenvalue weighted by Crippen LogP contribution is -1.99. The number of hydrogen-bond donors (Lipinski definition) is 2. The van der Waals surface area contributed by atoms with Crippen molar-refractivity contribution in [2.45, 2.75) is 13.3 Å². The van der Waals surface area contributed by atoms with Crippen molar-refractivity contribution in [1.29, 1.82) is 0 Å². The molecule has 0 bridgehead atoms. The molecule has 0 saturated carbocycles. The van der Waals surface area contributed by atoms with Gasteiger partial charge < -0.3 is 10.2 Å². The zero-order chi connectivity index (χ0) is 9.40. The summed E-state index contributed by atoms with van der Waals surface area (Å²) >= 11 is 0. The normalized spacial score (nSPS) is 14.2. The molecule has 0 amide bonds. The molecule has 0 aliphatic heterocycles. The van der Waals surface area contributed by atoms with Gasteiger partial charge in [0.2, 0.25) is 0 Å². The third kappa shape index (κ3) is 5.68. The molecule has 0 heterocycles. The number of aliphatic hydroxyl groups is 1. The van der Waals surface area contributed by atoms with Crippen LogP contribution in [0.4, 0.5) is 0 Å². The highest BCUT2D eigenvalue weighted by Crippen LogP contribution is 2.02. The molecular formula is C9H14O3. The fourth-order valence-electron chi connectivity index (χ4n) is 0.685. The quantitative estimate of drug-likeness (QED) is 0.481. The Morgan fingerprint density at radius 3 is 2.58 bits per heavy atom. The van der Waals surface area contributed by atoms with Gasteiger partial charge in [0.15, 0.2) is 0 Å². The summed E-state index contributed by atoms with van der Waals surface area (Å²) in [5, 5.41) is 17.0.